The number of aryl methyl sites for hydroxylation is 2. The smallest absolute Gasteiger partial charge is 0.125 e. The topological polar surface area (TPSA) is 18.5 Å². The number of benzene rings is 1. The zero-order chi connectivity index (χ0) is 12.3. The molecule has 0 aliphatic carbocycles. The first-order valence-electron chi connectivity index (χ1n) is 6.11. The Balaban J connectivity index is 2.04. The minimum Gasteiger partial charge on any atom is -0.490 e. The molecule has 1 atom stereocenters. The first-order chi connectivity index (χ1) is 8.20. The van der Waals surface area contributed by atoms with Crippen molar-refractivity contribution in [3.05, 3.63) is 28.8 Å². The van der Waals surface area contributed by atoms with Crippen molar-refractivity contribution in [2.24, 2.45) is 0 Å². The lowest BCUT2D eigenvalue weighted by Gasteiger charge is -2.16. The lowest BCUT2D eigenvalue weighted by Crippen LogP contribution is -2.17. The van der Waals surface area contributed by atoms with E-state index in [0.717, 1.165) is 30.5 Å². The van der Waals surface area contributed by atoms with E-state index in [0.29, 0.717) is 6.61 Å². The molecule has 94 valence electrons. The summed E-state index contributed by atoms with van der Waals surface area (Å²) in [5.41, 5.74) is 3.71. The Morgan fingerprint density at radius 3 is 2.59 bits per heavy atom. The second-order valence-electron chi connectivity index (χ2n) is 4.64. The van der Waals surface area contributed by atoms with Gasteiger partial charge in [-0.05, 0) is 43.4 Å². The molecule has 0 N–H and O–H groups in total. The van der Waals surface area contributed by atoms with Crippen molar-refractivity contribution in [3.8, 4) is 5.75 Å². The Kier molecular flexibility index (Phi) is 4.46. The highest BCUT2D eigenvalue weighted by molar-refractivity contribution is 9.08. The first kappa shape index (κ1) is 12.9. The number of ether oxygens (including phenoxy) is 2. The Hall–Kier alpha value is -0.540. The average Bonchev–Trinajstić information content (AvgIpc) is 2.80. The average molecular weight is 299 g/mol. The van der Waals surface area contributed by atoms with Crippen molar-refractivity contribution in [3.63, 3.8) is 0 Å². The van der Waals surface area contributed by atoms with Crippen LogP contribution in [0.15, 0.2) is 12.1 Å². The van der Waals surface area contributed by atoms with E-state index in [9.17, 15) is 0 Å². The summed E-state index contributed by atoms with van der Waals surface area (Å²) in [6.07, 6.45) is 2.57. The van der Waals surface area contributed by atoms with Gasteiger partial charge in [0.25, 0.3) is 0 Å². The second kappa shape index (κ2) is 5.87. The Bertz CT molecular complexity index is 361. The number of hydrogen-bond donors (Lipinski definition) is 0. The maximum absolute atomic E-state index is 5.91. The summed E-state index contributed by atoms with van der Waals surface area (Å²) in [5, 5.41) is 0.890. The van der Waals surface area contributed by atoms with Gasteiger partial charge in [0, 0.05) is 11.9 Å². The predicted octanol–water partition coefficient (Wildman–Crippen LogP) is 3.76. The maximum Gasteiger partial charge on any atom is 0.125 e. The van der Waals surface area contributed by atoms with Crippen LogP contribution in [-0.2, 0) is 10.1 Å². The molecule has 3 heteroatoms. The largest absolute Gasteiger partial charge is 0.490 e. The van der Waals surface area contributed by atoms with Crippen LogP contribution in [0, 0.1) is 13.8 Å². The lowest BCUT2D eigenvalue weighted by molar-refractivity contribution is 0.0675. The summed E-state index contributed by atoms with van der Waals surface area (Å²) < 4.78 is 11.5. The van der Waals surface area contributed by atoms with E-state index in [4.69, 9.17) is 9.47 Å². The molecule has 0 saturated carbocycles. The van der Waals surface area contributed by atoms with E-state index in [1.54, 1.807) is 0 Å². The van der Waals surface area contributed by atoms with E-state index >= 15 is 0 Å². The molecular weight excluding hydrogens is 280 g/mol. The molecule has 1 aromatic rings. The van der Waals surface area contributed by atoms with Crippen molar-refractivity contribution < 1.29 is 9.47 Å². The molecule has 1 heterocycles. The van der Waals surface area contributed by atoms with E-state index in [2.05, 4.69) is 41.9 Å². The molecule has 0 spiro atoms. The van der Waals surface area contributed by atoms with Crippen molar-refractivity contribution in [1.29, 1.82) is 0 Å². The van der Waals surface area contributed by atoms with Gasteiger partial charge in [-0.3, -0.25) is 0 Å². The molecule has 1 unspecified atom stereocenters. The third-order valence-corrected chi connectivity index (χ3v) is 3.76. The van der Waals surface area contributed by atoms with Crippen LogP contribution < -0.4 is 4.74 Å². The normalized spacial score (nSPS) is 19.6. The Labute approximate surface area is 111 Å². The van der Waals surface area contributed by atoms with Crippen molar-refractivity contribution in [2.45, 2.75) is 38.1 Å². The number of alkyl halides is 1. The van der Waals surface area contributed by atoms with Gasteiger partial charge in [0.15, 0.2) is 0 Å². The van der Waals surface area contributed by atoms with Crippen molar-refractivity contribution in [2.75, 3.05) is 13.2 Å². The summed E-state index contributed by atoms with van der Waals surface area (Å²) in [4.78, 5) is 0. The molecule has 17 heavy (non-hydrogen) atoms. The third kappa shape index (κ3) is 3.23. The molecule has 1 aliphatic heterocycles. The highest BCUT2D eigenvalue weighted by Gasteiger charge is 2.17. The second-order valence-corrected chi connectivity index (χ2v) is 5.20. The van der Waals surface area contributed by atoms with Gasteiger partial charge in [-0.15, -0.1) is 0 Å². The summed E-state index contributed by atoms with van der Waals surface area (Å²) in [6.45, 7) is 5.76. The molecule has 0 bridgehead atoms. The monoisotopic (exact) mass is 298 g/mol. The summed E-state index contributed by atoms with van der Waals surface area (Å²) in [5.74, 6) is 1.02. The standard InChI is InChI=1S/C14H19BrO2/c1-10-6-12(8-15)7-11(2)14(10)17-9-13-4-3-5-16-13/h6-7,13H,3-5,8-9H2,1-2H3. The van der Waals surface area contributed by atoms with Gasteiger partial charge >= 0.3 is 0 Å². The van der Waals surface area contributed by atoms with E-state index < -0.39 is 0 Å². The lowest BCUT2D eigenvalue weighted by atomic mass is 10.1. The number of rotatable bonds is 4. The minimum atomic E-state index is 0.282. The summed E-state index contributed by atoms with van der Waals surface area (Å²) in [7, 11) is 0. The van der Waals surface area contributed by atoms with Crippen molar-refractivity contribution >= 4 is 15.9 Å². The molecule has 0 amide bonds. The van der Waals surface area contributed by atoms with E-state index in [1.165, 1.54) is 16.7 Å². The highest BCUT2D eigenvalue weighted by Crippen LogP contribution is 2.26. The predicted molar refractivity (Wildman–Crippen MR) is 73.0 cm³/mol. The van der Waals surface area contributed by atoms with Crippen LogP contribution in [0.1, 0.15) is 29.5 Å². The van der Waals surface area contributed by atoms with Crippen LogP contribution in [0.3, 0.4) is 0 Å². The van der Waals surface area contributed by atoms with Gasteiger partial charge in [-0.25, -0.2) is 0 Å². The fraction of sp³-hybridized carbons (Fsp3) is 0.571. The summed E-state index contributed by atoms with van der Waals surface area (Å²) in [6, 6.07) is 4.35. The van der Waals surface area contributed by atoms with Crippen LogP contribution in [0.25, 0.3) is 0 Å². The van der Waals surface area contributed by atoms with Gasteiger partial charge in [-0.2, -0.15) is 0 Å². The van der Waals surface area contributed by atoms with Crippen molar-refractivity contribution in [1.82, 2.24) is 0 Å². The van der Waals surface area contributed by atoms with Gasteiger partial charge in [0.05, 0.1) is 6.10 Å². The molecule has 0 radical (unpaired) electrons. The quantitative estimate of drug-likeness (QED) is 0.788. The fourth-order valence-corrected chi connectivity index (χ4v) is 2.62. The maximum atomic E-state index is 5.91. The molecule has 1 aliphatic rings. The van der Waals surface area contributed by atoms with Crippen LogP contribution in [-0.4, -0.2) is 19.3 Å². The van der Waals surface area contributed by atoms with Crippen LogP contribution in [0.5, 0.6) is 5.75 Å². The molecule has 1 saturated heterocycles. The van der Waals surface area contributed by atoms with Gasteiger partial charge < -0.3 is 9.47 Å². The zero-order valence-corrected chi connectivity index (χ0v) is 12.0. The molecule has 2 rings (SSSR count). The van der Waals surface area contributed by atoms with Gasteiger partial charge in [0.2, 0.25) is 0 Å². The Morgan fingerprint density at radius 2 is 2.06 bits per heavy atom. The van der Waals surface area contributed by atoms with E-state index in [-0.39, 0.29) is 6.10 Å². The SMILES string of the molecule is Cc1cc(CBr)cc(C)c1OCC1CCCO1. The molecule has 2 nitrogen and oxygen atoms in total. The molecular formula is C14H19BrO2. The molecule has 1 aromatic carbocycles. The molecule has 1 fully saturated rings. The minimum absolute atomic E-state index is 0.282. The summed E-state index contributed by atoms with van der Waals surface area (Å²) >= 11 is 3.48. The zero-order valence-electron chi connectivity index (χ0n) is 10.5. The van der Waals surface area contributed by atoms with Crippen LogP contribution in [0.2, 0.25) is 0 Å². The van der Waals surface area contributed by atoms with Gasteiger partial charge in [0.1, 0.15) is 12.4 Å². The highest BCUT2D eigenvalue weighted by atomic mass is 79.9. The molecule has 0 aromatic heterocycles. The van der Waals surface area contributed by atoms with Crippen LogP contribution >= 0.6 is 15.9 Å². The van der Waals surface area contributed by atoms with Gasteiger partial charge in [-0.1, -0.05) is 28.1 Å². The third-order valence-electron chi connectivity index (χ3n) is 3.11. The Morgan fingerprint density at radius 1 is 1.35 bits per heavy atom. The first-order valence-corrected chi connectivity index (χ1v) is 7.23. The fourth-order valence-electron chi connectivity index (χ4n) is 2.30. The number of halogens is 1. The van der Waals surface area contributed by atoms with Crippen LogP contribution in [0.4, 0.5) is 0 Å². The van der Waals surface area contributed by atoms with E-state index in [1.807, 2.05) is 0 Å². The number of hydrogen-bond acceptors (Lipinski definition) is 2.